The molecule has 0 spiro atoms. The van der Waals surface area contributed by atoms with E-state index in [1.165, 1.54) is 6.07 Å². The van der Waals surface area contributed by atoms with Gasteiger partial charge in [-0.2, -0.15) is 0 Å². The maximum atomic E-state index is 11.0. The first-order valence-corrected chi connectivity index (χ1v) is 5.73. The van der Waals surface area contributed by atoms with E-state index >= 15 is 0 Å². The average Bonchev–Trinajstić information content (AvgIpc) is 2.26. The Morgan fingerprint density at radius 2 is 2.13 bits per heavy atom. The van der Waals surface area contributed by atoms with Gasteiger partial charge in [0.25, 0.3) is 0 Å². The molecule has 4 heteroatoms. The van der Waals surface area contributed by atoms with Crippen LogP contribution in [0.1, 0.15) is 0 Å². The summed E-state index contributed by atoms with van der Waals surface area (Å²) in [5.41, 5.74) is 0.741. The summed E-state index contributed by atoms with van der Waals surface area (Å²) < 4.78 is 5.45. The van der Waals surface area contributed by atoms with Gasteiger partial charge in [0.05, 0.1) is 6.61 Å². The number of aromatic amines is 1. The molecule has 2 aromatic rings. The number of halogens is 1. The van der Waals surface area contributed by atoms with Gasteiger partial charge < -0.3 is 9.72 Å². The second kappa shape index (κ2) is 4.49. The fourth-order valence-corrected chi connectivity index (χ4v) is 1.54. The van der Waals surface area contributed by atoms with Crippen LogP contribution in [-0.4, -0.2) is 16.9 Å². The van der Waals surface area contributed by atoms with Gasteiger partial charge >= 0.3 is 0 Å². The van der Waals surface area contributed by atoms with Crippen LogP contribution in [0.25, 0.3) is 10.9 Å². The lowest BCUT2D eigenvalue weighted by atomic mass is 10.2. The summed E-state index contributed by atoms with van der Waals surface area (Å²) in [4.78, 5) is 13.8. The first-order chi connectivity index (χ1) is 7.29. The van der Waals surface area contributed by atoms with E-state index in [4.69, 9.17) is 4.74 Å². The Labute approximate surface area is 95.2 Å². The molecule has 0 fully saturated rings. The Bertz CT molecular complexity index is 521. The van der Waals surface area contributed by atoms with Gasteiger partial charge in [0, 0.05) is 22.3 Å². The van der Waals surface area contributed by atoms with Crippen molar-refractivity contribution in [2.75, 3.05) is 11.9 Å². The molecule has 0 atom stereocenters. The minimum absolute atomic E-state index is 0.0865. The first-order valence-electron chi connectivity index (χ1n) is 4.61. The van der Waals surface area contributed by atoms with E-state index in [1.54, 1.807) is 6.07 Å². The lowest BCUT2D eigenvalue weighted by Gasteiger charge is -2.04. The molecule has 0 aliphatic heterocycles. The van der Waals surface area contributed by atoms with Gasteiger partial charge in [-0.3, -0.25) is 4.79 Å². The summed E-state index contributed by atoms with van der Waals surface area (Å²) in [5, 5.41) is 1.78. The number of pyridine rings is 1. The molecule has 2 rings (SSSR count). The van der Waals surface area contributed by atoms with Gasteiger partial charge in [0.2, 0.25) is 5.56 Å². The summed E-state index contributed by atoms with van der Waals surface area (Å²) >= 11 is 3.29. The van der Waals surface area contributed by atoms with E-state index in [0.29, 0.717) is 6.61 Å². The van der Waals surface area contributed by atoms with Crippen molar-refractivity contribution in [2.24, 2.45) is 0 Å². The van der Waals surface area contributed by atoms with Crippen LogP contribution in [0.4, 0.5) is 0 Å². The smallest absolute Gasteiger partial charge is 0.248 e. The van der Waals surface area contributed by atoms with E-state index in [9.17, 15) is 4.79 Å². The van der Waals surface area contributed by atoms with E-state index < -0.39 is 0 Å². The number of hydrogen-bond acceptors (Lipinski definition) is 2. The molecule has 0 aliphatic rings. The van der Waals surface area contributed by atoms with Crippen LogP contribution in [0.5, 0.6) is 5.75 Å². The van der Waals surface area contributed by atoms with Crippen LogP contribution < -0.4 is 10.3 Å². The molecule has 3 nitrogen and oxygen atoms in total. The number of hydrogen-bond donors (Lipinski definition) is 1. The Morgan fingerprint density at radius 3 is 2.93 bits per heavy atom. The molecule has 0 amide bonds. The van der Waals surface area contributed by atoms with Crippen LogP contribution in [0.15, 0.2) is 35.1 Å². The number of benzene rings is 1. The molecule has 1 heterocycles. The van der Waals surface area contributed by atoms with E-state index in [1.807, 2.05) is 18.2 Å². The normalized spacial score (nSPS) is 10.5. The Morgan fingerprint density at radius 1 is 1.27 bits per heavy atom. The highest BCUT2D eigenvalue weighted by molar-refractivity contribution is 9.09. The molecule has 0 bridgehead atoms. The number of aromatic nitrogens is 1. The SMILES string of the molecule is O=c1ccc2cc(OCCBr)ccc2[nH]1. The third-order valence-corrected chi connectivity index (χ3v) is 2.36. The van der Waals surface area contributed by atoms with Gasteiger partial charge in [-0.1, -0.05) is 15.9 Å². The van der Waals surface area contributed by atoms with Crippen molar-refractivity contribution < 1.29 is 4.74 Å². The third-order valence-electron chi connectivity index (χ3n) is 2.04. The predicted octanol–water partition coefficient (Wildman–Crippen LogP) is 2.30. The number of H-pyrrole nitrogens is 1. The highest BCUT2D eigenvalue weighted by Gasteiger charge is 1.97. The first kappa shape index (κ1) is 10.2. The lowest BCUT2D eigenvalue weighted by molar-refractivity contribution is 0.345. The molecule has 0 aliphatic carbocycles. The largest absolute Gasteiger partial charge is 0.493 e. The molecule has 0 unspecified atom stereocenters. The molecule has 15 heavy (non-hydrogen) atoms. The number of nitrogens with one attached hydrogen (secondary N) is 1. The third kappa shape index (κ3) is 2.39. The van der Waals surface area contributed by atoms with Crippen molar-refractivity contribution >= 4 is 26.8 Å². The second-order valence-electron chi connectivity index (χ2n) is 3.11. The summed E-state index contributed by atoms with van der Waals surface area (Å²) in [5.74, 6) is 0.814. The van der Waals surface area contributed by atoms with Crippen LogP contribution >= 0.6 is 15.9 Å². The maximum absolute atomic E-state index is 11.0. The van der Waals surface area contributed by atoms with Crippen molar-refractivity contribution in [3.05, 3.63) is 40.7 Å². The summed E-state index contributed by atoms with van der Waals surface area (Å²) in [7, 11) is 0. The summed E-state index contributed by atoms with van der Waals surface area (Å²) in [6, 6.07) is 8.90. The molecule has 78 valence electrons. The second-order valence-corrected chi connectivity index (χ2v) is 3.90. The average molecular weight is 268 g/mol. The van der Waals surface area contributed by atoms with Crippen molar-refractivity contribution in [1.82, 2.24) is 4.98 Å². The van der Waals surface area contributed by atoms with E-state index in [-0.39, 0.29) is 5.56 Å². The minimum atomic E-state index is -0.0865. The molecular formula is C11H10BrNO2. The van der Waals surface area contributed by atoms with E-state index in [0.717, 1.165) is 22.0 Å². The Hall–Kier alpha value is -1.29. The summed E-state index contributed by atoms with van der Waals surface area (Å²) in [6.07, 6.45) is 0. The summed E-state index contributed by atoms with van der Waals surface area (Å²) in [6.45, 7) is 0.634. The predicted molar refractivity (Wildman–Crippen MR) is 63.9 cm³/mol. The minimum Gasteiger partial charge on any atom is -0.493 e. The molecular weight excluding hydrogens is 258 g/mol. The zero-order valence-electron chi connectivity index (χ0n) is 8.00. The van der Waals surface area contributed by atoms with Crippen LogP contribution in [0.3, 0.4) is 0 Å². The molecule has 0 saturated carbocycles. The molecule has 1 N–H and O–H groups in total. The number of alkyl halides is 1. The maximum Gasteiger partial charge on any atom is 0.248 e. The zero-order chi connectivity index (χ0) is 10.7. The monoisotopic (exact) mass is 267 g/mol. The van der Waals surface area contributed by atoms with Gasteiger partial charge in [0.1, 0.15) is 5.75 Å². The Balaban J connectivity index is 2.39. The molecule has 1 aromatic heterocycles. The van der Waals surface area contributed by atoms with Gasteiger partial charge in [-0.15, -0.1) is 0 Å². The van der Waals surface area contributed by atoms with Crippen LogP contribution in [0.2, 0.25) is 0 Å². The highest BCUT2D eigenvalue weighted by Crippen LogP contribution is 2.17. The van der Waals surface area contributed by atoms with Gasteiger partial charge in [-0.25, -0.2) is 0 Å². The number of ether oxygens (including phenoxy) is 1. The standard InChI is InChI=1S/C11H10BrNO2/c12-5-6-15-9-2-3-10-8(7-9)1-4-11(14)13-10/h1-4,7H,5-6H2,(H,13,14). The number of rotatable bonds is 3. The fraction of sp³-hybridized carbons (Fsp3) is 0.182. The van der Waals surface area contributed by atoms with Gasteiger partial charge in [0.15, 0.2) is 0 Å². The number of fused-ring (bicyclic) bond motifs is 1. The molecule has 0 saturated heterocycles. The quantitative estimate of drug-likeness (QED) is 0.868. The van der Waals surface area contributed by atoms with Crippen molar-refractivity contribution in [3.8, 4) is 5.75 Å². The van der Waals surface area contributed by atoms with Crippen molar-refractivity contribution in [1.29, 1.82) is 0 Å². The Kier molecular flexibility index (Phi) is 3.06. The van der Waals surface area contributed by atoms with E-state index in [2.05, 4.69) is 20.9 Å². The van der Waals surface area contributed by atoms with Crippen LogP contribution in [-0.2, 0) is 0 Å². The topological polar surface area (TPSA) is 42.1 Å². The lowest BCUT2D eigenvalue weighted by Crippen LogP contribution is -2.02. The fourth-order valence-electron chi connectivity index (χ4n) is 1.38. The van der Waals surface area contributed by atoms with Gasteiger partial charge in [-0.05, 0) is 24.3 Å². The van der Waals surface area contributed by atoms with Crippen molar-refractivity contribution in [2.45, 2.75) is 0 Å². The highest BCUT2D eigenvalue weighted by atomic mass is 79.9. The zero-order valence-corrected chi connectivity index (χ0v) is 9.58. The molecule has 1 aromatic carbocycles. The van der Waals surface area contributed by atoms with Crippen molar-refractivity contribution in [3.63, 3.8) is 0 Å². The van der Waals surface area contributed by atoms with Crippen LogP contribution in [0, 0.1) is 0 Å². The molecule has 0 radical (unpaired) electrons.